The minimum atomic E-state index is -1.46. The molecule has 6 rings (SSSR count). The summed E-state index contributed by atoms with van der Waals surface area (Å²) in [5, 5.41) is 71.8. The highest BCUT2D eigenvalue weighted by Crippen LogP contribution is 2.34. The van der Waals surface area contributed by atoms with E-state index in [-0.39, 0.29) is 36.0 Å². The van der Waals surface area contributed by atoms with Gasteiger partial charge < -0.3 is 62.2 Å². The Morgan fingerprint density at radius 3 is 1.44 bits per heavy atom. The third-order valence-corrected chi connectivity index (χ3v) is 8.39. The number of aliphatic hydroxyl groups excluding tert-OH is 6. The molecule has 28 heteroatoms. The highest BCUT2D eigenvalue weighted by atomic mass is 16.6. The molecule has 10 atom stereocenters. The summed E-state index contributed by atoms with van der Waals surface area (Å²) in [5.41, 5.74) is 12.6. The minimum absolute atomic E-state index is 0.138. The van der Waals surface area contributed by atoms with Gasteiger partial charge in [0.2, 0.25) is 0 Å². The molecule has 12 N–H and O–H groups in total. The second kappa shape index (κ2) is 16.4. The van der Waals surface area contributed by atoms with Crippen LogP contribution in [0.15, 0.2) is 35.9 Å². The van der Waals surface area contributed by atoms with E-state index in [1.54, 1.807) is 0 Å². The molecule has 292 valence electrons. The van der Waals surface area contributed by atoms with Crippen molar-refractivity contribution >= 4 is 46.0 Å². The van der Waals surface area contributed by atoms with Gasteiger partial charge in [-0.1, -0.05) is 0 Å². The zero-order valence-electron chi connectivity index (χ0n) is 28.2. The number of ether oxygens (including phenoxy) is 2. The number of fused-ring (bicyclic) bond motifs is 2. The van der Waals surface area contributed by atoms with Gasteiger partial charge in [-0.05, 0) is 0 Å². The number of nitrogens with zero attached hydrogens (tertiary/aromatic N) is 12. The Kier molecular flexibility index (Phi) is 12.0. The molecule has 0 aromatic carbocycles. The Labute approximate surface area is 301 Å². The quantitative estimate of drug-likeness (QED) is 0.0536. The van der Waals surface area contributed by atoms with E-state index in [9.17, 15) is 50.0 Å². The van der Waals surface area contributed by atoms with Crippen molar-refractivity contribution in [2.45, 2.75) is 61.3 Å². The molecule has 10 unspecified atom stereocenters. The third kappa shape index (κ3) is 7.74. The minimum Gasteiger partial charge on any atom is -0.388 e. The highest BCUT2D eigenvalue weighted by molar-refractivity contribution is 5.82. The molecule has 2 fully saturated rings. The number of nitrogens with two attached hydrogens (primary N) is 2. The Morgan fingerprint density at radius 1 is 0.722 bits per heavy atom. The number of nitrogens with one attached hydrogen (secondary N) is 2. The first-order valence-electron chi connectivity index (χ1n) is 15.6. The van der Waals surface area contributed by atoms with E-state index in [4.69, 9.17) is 20.9 Å². The first-order valence-corrected chi connectivity index (χ1v) is 15.6. The molecule has 2 saturated heterocycles. The van der Waals surface area contributed by atoms with Gasteiger partial charge in [0.1, 0.15) is 72.5 Å². The Bertz CT molecular complexity index is 1830. The summed E-state index contributed by atoms with van der Waals surface area (Å²) in [6.07, 6.45) is -8.08. The van der Waals surface area contributed by atoms with Crippen LogP contribution in [0.3, 0.4) is 0 Å². The van der Waals surface area contributed by atoms with Crippen molar-refractivity contribution in [3.63, 3.8) is 0 Å². The molecule has 0 radical (unpaired) electrons. The van der Waals surface area contributed by atoms with Crippen LogP contribution < -0.4 is 22.1 Å². The maximum Gasteiger partial charge on any atom is 0.340 e. The van der Waals surface area contributed by atoms with Crippen LogP contribution in [0.25, 0.3) is 22.3 Å². The third-order valence-electron chi connectivity index (χ3n) is 8.39. The summed E-state index contributed by atoms with van der Waals surface area (Å²) < 4.78 is 13.9. The maximum absolute atomic E-state index is 11.5. The van der Waals surface area contributed by atoms with Crippen LogP contribution in [0.2, 0.25) is 0 Å². The molecule has 4 aromatic rings. The fraction of sp³-hybridized carbons (Fsp3) is 0.538. The maximum atomic E-state index is 11.5. The van der Waals surface area contributed by atoms with Crippen LogP contribution in [0, 0.1) is 9.81 Å². The molecule has 28 nitrogen and oxygen atoms in total. The van der Waals surface area contributed by atoms with Gasteiger partial charge in [0.05, 0.1) is 23.2 Å². The summed E-state index contributed by atoms with van der Waals surface area (Å²) in [4.78, 5) is 67.3. The van der Waals surface area contributed by atoms with Gasteiger partial charge in [0.15, 0.2) is 35.4 Å². The number of aliphatic hydroxyl groups is 6. The predicted molar refractivity (Wildman–Crippen MR) is 177 cm³/mol. The topological polar surface area (TPSA) is 403 Å². The number of anilines is 2. The van der Waals surface area contributed by atoms with Gasteiger partial charge in [0, 0.05) is 27.2 Å². The molecule has 0 saturated carbocycles. The Morgan fingerprint density at radius 2 is 1.09 bits per heavy atom. The first kappa shape index (κ1) is 39.3. The predicted octanol–water partition coefficient (Wildman–Crippen LogP) is -4.58. The highest BCUT2D eigenvalue weighted by Gasteiger charge is 2.48. The van der Waals surface area contributed by atoms with Crippen LogP contribution in [-0.4, -0.2) is 168 Å². The first-order chi connectivity index (χ1) is 25.7. The van der Waals surface area contributed by atoms with Crippen LogP contribution in [-0.2, 0) is 9.47 Å². The number of aromatic nitrogens is 8. The van der Waals surface area contributed by atoms with E-state index < -0.39 is 73.3 Å². The standard InChI is InChI=1S/2C13H18N8O6/c2*1-20(19-26)13(25)15-2-5(22)9-7(23)8(24)12(27-9)21-4-18-6-10(14)16-3-17-11(6)21/h2*3-5,7-9,12,22-24H,2H2,1H3,(H,15,25)(H2,14,16,17). The number of nitroso groups, excluding NO2 is 2. The summed E-state index contributed by atoms with van der Waals surface area (Å²) in [6.45, 7) is -0.695. The lowest BCUT2D eigenvalue weighted by molar-refractivity contribution is -0.0818. The van der Waals surface area contributed by atoms with Crippen LogP contribution in [0.1, 0.15) is 12.5 Å². The number of rotatable bonds is 10. The number of amides is 4. The van der Waals surface area contributed by atoms with E-state index in [2.05, 4.69) is 51.1 Å². The molecular formula is C26H36N16O12. The van der Waals surface area contributed by atoms with Gasteiger partial charge in [0.25, 0.3) is 0 Å². The van der Waals surface area contributed by atoms with E-state index in [0.29, 0.717) is 21.1 Å². The summed E-state index contributed by atoms with van der Waals surface area (Å²) in [6, 6.07) is -1.69. The molecule has 2 aliphatic rings. The fourth-order valence-electron chi connectivity index (χ4n) is 5.50. The van der Waals surface area contributed by atoms with E-state index in [1.807, 2.05) is 0 Å². The zero-order valence-corrected chi connectivity index (χ0v) is 28.2. The normalized spacial score (nSPS) is 26.1. The van der Waals surface area contributed by atoms with Crippen LogP contribution in [0.5, 0.6) is 0 Å². The molecule has 54 heavy (non-hydrogen) atoms. The Balaban J connectivity index is 0.000000208. The lowest BCUT2D eigenvalue weighted by Gasteiger charge is -2.21. The van der Waals surface area contributed by atoms with Crippen molar-refractivity contribution in [3.8, 4) is 0 Å². The molecule has 6 heterocycles. The molecule has 2 aliphatic heterocycles. The summed E-state index contributed by atoms with van der Waals surface area (Å²) in [5.74, 6) is 0.276. The number of hydrogen-bond acceptors (Lipinski definition) is 22. The monoisotopic (exact) mass is 764 g/mol. The number of carbonyl (C=O) groups excluding carboxylic acids is 2. The molecule has 0 spiro atoms. The molecule has 0 aliphatic carbocycles. The largest absolute Gasteiger partial charge is 0.388 e. The van der Waals surface area contributed by atoms with E-state index >= 15 is 0 Å². The van der Waals surface area contributed by atoms with Crippen molar-refractivity contribution in [2.24, 2.45) is 10.6 Å². The fourth-order valence-corrected chi connectivity index (χ4v) is 5.50. The van der Waals surface area contributed by atoms with Gasteiger partial charge in [-0.3, -0.25) is 9.13 Å². The number of urea groups is 2. The van der Waals surface area contributed by atoms with Gasteiger partial charge in [-0.15, -0.1) is 9.81 Å². The smallest absolute Gasteiger partial charge is 0.340 e. The van der Waals surface area contributed by atoms with Gasteiger partial charge in [-0.2, -0.15) is 10.0 Å². The number of nitrogen functional groups attached to an aromatic ring is 2. The summed E-state index contributed by atoms with van der Waals surface area (Å²) in [7, 11) is 2.26. The second-order valence-corrected chi connectivity index (χ2v) is 11.8. The molecular weight excluding hydrogens is 728 g/mol. The van der Waals surface area contributed by atoms with Crippen molar-refractivity contribution in [1.29, 1.82) is 0 Å². The second-order valence-electron chi connectivity index (χ2n) is 11.8. The lowest BCUT2D eigenvalue weighted by atomic mass is 10.1. The van der Waals surface area contributed by atoms with Gasteiger partial charge in [-0.25, -0.2) is 39.5 Å². The van der Waals surface area contributed by atoms with Crippen LogP contribution in [0.4, 0.5) is 21.2 Å². The van der Waals surface area contributed by atoms with Gasteiger partial charge >= 0.3 is 12.1 Å². The van der Waals surface area contributed by atoms with Crippen molar-refractivity contribution in [3.05, 3.63) is 35.1 Å². The lowest BCUT2D eigenvalue weighted by Crippen LogP contribution is -2.46. The number of imidazole rings is 2. The number of carbonyl (C=O) groups is 2. The average Bonchev–Trinajstić information content (AvgIpc) is 3.94. The zero-order chi connectivity index (χ0) is 39.4. The van der Waals surface area contributed by atoms with Crippen molar-refractivity contribution < 1.29 is 49.7 Å². The van der Waals surface area contributed by atoms with Crippen molar-refractivity contribution in [1.82, 2.24) is 59.7 Å². The summed E-state index contributed by atoms with van der Waals surface area (Å²) >= 11 is 0. The molecule has 4 amide bonds. The average molecular weight is 765 g/mol. The van der Waals surface area contributed by atoms with E-state index in [1.165, 1.54) is 34.4 Å². The van der Waals surface area contributed by atoms with Crippen molar-refractivity contribution in [2.75, 3.05) is 38.7 Å². The molecule has 4 aromatic heterocycles. The van der Waals surface area contributed by atoms with Crippen LogP contribution >= 0.6 is 0 Å². The Hall–Kier alpha value is -5.88. The van der Waals surface area contributed by atoms with E-state index in [0.717, 1.165) is 14.1 Å². The number of hydrogen-bond donors (Lipinski definition) is 10. The molecule has 0 bridgehead atoms. The SMILES string of the molecule is CN(N=O)C(=O)NCC(O)C1OC(n2cnc3c(N)ncnc32)C(O)C1O.CN(N=O)C(=O)NCC(O)C1OC(n2cnc3c(N)ncnc32)C(O)C1O.